The minimum atomic E-state index is -0.525. The zero-order chi connectivity index (χ0) is 42.3. The normalized spacial score (nSPS) is 14.8. The van der Waals surface area contributed by atoms with E-state index in [1.165, 1.54) is 0 Å². The lowest BCUT2D eigenvalue weighted by molar-refractivity contribution is 0.0484. The zero-order valence-corrected chi connectivity index (χ0v) is 36.3. The molecule has 2 aliphatic rings. The van der Waals surface area contributed by atoms with Gasteiger partial charge >= 0.3 is 24.1 Å². The average molecular weight is 839 g/mol. The van der Waals surface area contributed by atoms with Crippen LogP contribution >= 0.6 is 23.5 Å². The minimum absolute atomic E-state index is 0.225. The van der Waals surface area contributed by atoms with Crippen LogP contribution in [0.1, 0.15) is 160 Å². The summed E-state index contributed by atoms with van der Waals surface area (Å²) in [5.41, 5.74) is 0.186. The molecule has 2 aromatic rings. The molecular formula is C44H58N2O10S2. The highest BCUT2D eigenvalue weighted by atomic mass is 32.2. The van der Waals surface area contributed by atoms with E-state index in [-0.39, 0.29) is 45.7 Å². The van der Waals surface area contributed by atoms with Crippen LogP contribution in [0.3, 0.4) is 0 Å². The highest BCUT2D eigenvalue weighted by Crippen LogP contribution is 2.51. The van der Waals surface area contributed by atoms with Crippen LogP contribution in [0.15, 0.2) is 56.0 Å². The molecule has 2 aromatic carbocycles. The molecule has 2 amide bonds. The molecule has 316 valence electrons. The summed E-state index contributed by atoms with van der Waals surface area (Å²) in [5.74, 6) is -1.74. The van der Waals surface area contributed by atoms with E-state index in [9.17, 15) is 28.8 Å². The SMILES string of the molecule is CC(C)(C)OC(=O)NCCCCCCCCOC(=O)c1cccc2c1S/C(=C1\Sc3c(C(=O)OCCCCCCCCNC(=O)OC(C)(C)C)cccc3C1=O)C2=O. The number of rotatable bonds is 20. The van der Waals surface area contributed by atoms with Gasteiger partial charge in [-0.2, -0.15) is 0 Å². The Labute approximate surface area is 350 Å². The fourth-order valence-corrected chi connectivity index (χ4v) is 8.67. The van der Waals surface area contributed by atoms with Crippen LogP contribution in [0.4, 0.5) is 9.59 Å². The fourth-order valence-electron chi connectivity index (χ4n) is 6.18. The molecule has 0 fully saturated rings. The first kappa shape index (κ1) is 46.4. The van der Waals surface area contributed by atoms with Gasteiger partial charge in [-0.15, -0.1) is 0 Å². The van der Waals surface area contributed by atoms with E-state index in [0.29, 0.717) is 46.8 Å². The quantitative estimate of drug-likeness (QED) is 0.0562. The predicted molar refractivity (Wildman–Crippen MR) is 225 cm³/mol. The Kier molecular flexibility index (Phi) is 17.7. The molecule has 0 saturated carbocycles. The third-order valence-corrected chi connectivity index (χ3v) is 11.5. The number of nitrogens with one attached hydrogen (secondary N) is 2. The standard InChI is InChI=1S/C44H58N2O10S2/c1-43(2,3)55-41(51)45-25-15-11-7-9-13-17-27-53-39(49)31-23-19-21-29-33(47)37(57-35(29)31)38-34(48)30-22-20-24-32(36(30)58-38)40(50)54-28-18-14-10-8-12-16-26-46-42(52)56-44(4,5)6/h19-24H,7-18,25-28H2,1-6H3,(H,45,51)(H,46,52)/b38-37-. The number of carbonyl (C=O) groups excluding carboxylic acids is 6. The van der Waals surface area contributed by atoms with Gasteiger partial charge in [0.1, 0.15) is 11.2 Å². The van der Waals surface area contributed by atoms with E-state index in [2.05, 4.69) is 10.6 Å². The lowest BCUT2D eigenvalue weighted by Crippen LogP contribution is -2.33. The summed E-state index contributed by atoms with van der Waals surface area (Å²) in [6.45, 7) is 12.6. The molecule has 0 aliphatic carbocycles. The van der Waals surface area contributed by atoms with Crippen LogP contribution in [0.5, 0.6) is 0 Å². The topological polar surface area (TPSA) is 163 Å². The van der Waals surface area contributed by atoms with Gasteiger partial charge in [0.25, 0.3) is 0 Å². The van der Waals surface area contributed by atoms with Crippen molar-refractivity contribution in [3.63, 3.8) is 0 Å². The van der Waals surface area contributed by atoms with Gasteiger partial charge in [0.05, 0.1) is 34.2 Å². The number of amides is 2. The maximum absolute atomic E-state index is 13.6. The minimum Gasteiger partial charge on any atom is -0.462 e. The van der Waals surface area contributed by atoms with Gasteiger partial charge in [-0.25, -0.2) is 19.2 Å². The van der Waals surface area contributed by atoms with Gasteiger partial charge in [0.15, 0.2) is 0 Å². The molecule has 14 heteroatoms. The van der Waals surface area contributed by atoms with Crippen molar-refractivity contribution in [2.24, 2.45) is 0 Å². The van der Waals surface area contributed by atoms with Crippen molar-refractivity contribution < 1.29 is 47.7 Å². The summed E-state index contributed by atoms with van der Waals surface area (Å²) in [5, 5.41) is 5.53. The number of hydrogen-bond acceptors (Lipinski definition) is 12. The Balaban J connectivity index is 1.19. The van der Waals surface area contributed by atoms with E-state index < -0.39 is 35.3 Å². The molecular weight excluding hydrogens is 781 g/mol. The monoisotopic (exact) mass is 838 g/mol. The molecule has 2 heterocycles. The summed E-state index contributed by atoms with van der Waals surface area (Å²) in [4.78, 5) is 78.4. The summed E-state index contributed by atoms with van der Waals surface area (Å²) in [7, 11) is 0. The molecule has 12 nitrogen and oxygen atoms in total. The van der Waals surface area contributed by atoms with Gasteiger partial charge < -0.3 is 29.6 Å². The largest absolute Gasteiger partial charge is 0.462 e. The number of Topliss-reactive ketones (excluding diaryl/α,β-unsaturated/α-hetero) is 2. The Morgan fingerprint density at radius 1 is 0.517 bits per heavy atom. The molecule has 4 rings (SSSR count). The maximum atomic E-state index is 13.6. The zero-order valence-electron chi connectivity index (χ0n) is 34.7. The first-order chi connectivity index (χ1) is 27.6. The van der Waals surface area contributed by atoms with Crippen LogP contribution in [0.25, 0.3) is 0 Å². The predicted octanol–water partition coefficient (Wildman–Crippen LogP) is 10.2. The Morgan fingerprint density at radius 3 is 1.22 bits per heavy atom. The van der Waals surface area contributed by atoms with E-state index in [4.69, 9.17) is 18.9 Å². The number of unbranched alkanes of at least 4 members (excludes halogenated alkanes) is 10. The molecule has 0 aromatic heterocycles. The van der Waals surface area contributed by atoms with Crippen molar-refractivity contribution in [3.05, 3.63) is 68.5 Å². The molecule has 0 unspecified atom stereocenters. The van der Waals surface area contributed by atoms with Gasteiger partial charge in [0.2, 0.25) is 11.6 Å². The van der Waals surface area contributed by atoms with Gasteiger partial charge in [-0.3, -0.25) is 9.59 Å². The van der Waals surface area contributed by atoms with Crippen molar-refractivity contribution in [2.75, 3.05) is 26.3 Å². The Morgan fingerprint density at radius 2 is 0.862 bits per heavy atom. The second-order valence-corrected chi connectivity index (χ2v) is 18.3. The van der Waals surface area contributed by atoms with Crippen LogP contribution in [0.2, 0.25) is 0 Å². The number of alkyl carbamates (subject to hydrolysis) is 2. The second-order valence-electron chi connectivity index (χ2n) is 16.3. The average Bonchev–Trinajstić information content (AvgIpc) is 3.66. The fraction of sp³-hybridized carbons (Fsp3) is 0.545. The van der Waals surface area contributed by atoms with Crippen LogP contribution in [-0.4, -0.2) is 73.2 Å². The number of fused-ring (bicyclic) bond motifs is 2. The molecule has 58 heavy (non-hydrogen) atoms. The first-order valence-electron chi connectivity index (χ1n) is 20.3. The van der Waals surface area contributed by atoms with Crippen molar-refractivity contribution in [1.29, 1.82) is 0 Å². The number of esters is 2. The maximum Gasteiger partial charge on any atom is 0.407 e. The number of allylic oxidation sites excluding steroid dienone is 2. The van der Waals surface area contributed by atoms with E-state index in [0.717, 1.165) is 87.7 Å². The third kappa shape index (κ3) is 14.5. The highest BCUT2D eigenvalue weighted by molar-refractivity contribution is 8.08. The van der Waals surface area contributed by atoms with Crippen molar-refractivity contribution in [1.82, 2.24) is 10.6 Å². The lowest BCUT2D eigenvalue weighted by atomic mass is 10.0. The Hall–Kier alpha value is -4.30. The van der Waals surface area contributed by atoms with Gasteiger partial charge in [0, 0.05) is 34.0 Å². The van der Waals surface area contributed by atoms with Crippen molar-refractivity contribution in [3.8, 4) is 0 Å². The van der Waals surface area contributed by atoms with Gasteiger partial charge in [-0.05, 0) is 91.5 Å². The molecule has 0 atom stereocenters. The molecule has 0 radical (unpaired) electrons. The highest BCUT2D eigenvalue weighted by Gasteiger charge is 2.39. The first-order valence-corrected chi connectivity index (χ1v) is 21.9. The smallest absolute Gasteiger partial charge is 0.407 e. The van der Waals surface area contributed by atoms with Crippen LogP contribution in [0, 0.1) is 0 Å². The van der Waals surface area contributed by atoms with Crippen molar-refractivity contribution >= 4 is 59.2 Å². The van der Waals surface area contributed by atoms with E-state index in [1.807, 2.05) is 41.5 Å². The number of ketones is 2. The van der Waals surface area contributed by atoms with Crippen LogP contribution < -0.4 is 10.6 Å². The number of hydrogen-bond donors (Lipinski definition) is 2. The lowest BCUT2D eigenvalue weighted by Gasteiger charge is -2.19. The van der Waals surface area contributed by atoms with E-state index >= 15 is 0 Å². The van der Waals surface area contributed by atoms with E-state index in [1.54, 1.807) is 36.4 Å². The molecule has 0 spiro atoms. The number of ether oxygens (including phenoxy) is 4. The molecule has 2 aliphatic heterocycles. The summed E-state index contributed by atoms with van der Waals surface area (Å²) in [6, 6.07) is 9.80. The number of benzene rings is 2. The Bertz CT molecular complexity index is 1710. The summed E-state index contributed by atoms with van der Waals surface area (Å²) < 4.78 is 21.6. The summed E-state index contributed by atoms with van der Waals surface area (Å²) >= 11 is 2.18. The summed E-state index contributed by atoms with van der Waals surface area (Å²) in [6.07, 6.45) is 9.94. The molecule has 0 bridgehead atoms. The number of thioether (sulfide) groups is 2. The number of carbonyl (C=O) groups is 6. The molecule has 2 N–H and O–H groups in total. The van der Waals surface area contributed by atoms with Crippen molar-refractivity contribution in [2.45, 2.75) is 140 Å². The van der Waals surface area contributed by atoms with Gasteiger partial charge in [-0.1, -0.05) is 87.0 Å². The van der Waals surface area contributed by atoms with Crippen LogP contribution in [-0.2, 0) is 18.9 Å². The second kappa shape index (κ2) is 22.2. The molecule has 0 saturated heterocycles. The third-order valence-electron chi connectivity index (χ3n) is 8.93.